The molecule has 1 aliphatic carbocycles. The van der Waals surface area contributed by atoms with Crippen LogP contribution < -0.4 is 5.32 Å². The number of benzene rings is 2. The number of nitrogens with one attached hydrogen (secondary N) is 1. The number of aryl methyl sites for hydroxylation is 1. The lowest BCUT2D eigenvalue weighted by Crippen LogP contribution is -2.40. The quantitative estimate of drug-likeness (QED) is 0.661. The molecule has 1 atom stereocenters. The predicted molar refractivity (Wildman–Crippen MR) is 109 cm³/mol. The van der Waals surface area contributed by atoms with E-state index < -0.39 is 0 Å². The molecule has 0 saturated heterocycles. The molecule has 1 heterocycles. The summed E-state index contributed by atoms with van der Waals surface area (Å²) < 4.78 is 5.24. The van der Waals surface area contributed by atoms with Gasteiger partial charge in [-0.3, -0.25) is 0 Å². The van der Waals surface area contributed by atoms with Crippen LogP contribution in [-0.4, -0.2) is 39.4 Å². The van der Waals surface area contributed by atoms with Crippen molar-refractivity contribution in [2.24, 2.45) is 0 Å². The van der Waals surface area contributed by atoms with Gasteiger partial charge in [-0.05, 0) is 55.0 Å². The van der Waals surface area contributed by atoms with E-state index in [0.717, 1.165) is 24.8 Å². The number of anilines is 1. The topological polar surface area (TPSA) is 91.5 Å². The molecule has 0 bridgehead atoms. The Morgan fingerprint density at radius 3 is 2.97 bits per heavy atom. The minimum absolute atomic E-state index is 0.00521. The third-order valence-corrected chi connectivity index (χ3v) is 5.25. The summed E-state index contributed by atoms with van der Waals surface area (Å²) in [4.78, 5) is 15.0. The maximum absolute atomic E-state index is 13.2. The highest BCUT2D eigenvalue weighted by atomic mass is 16.4. The van der Waals surface area contributed by atoms with Gasteiger partial charge in [0.05, 0.1) is 6.04 Å². The van der Waals surface area contributed by atoms with E-state index >= 15 is 0 Å². The number of nitrogens with zero attached hydrogens (tertiary/aromatic N) is 3. The number of hydrogen-bond donors (Lipinski definition) is 2. The van der Waals surface area contributed by atoms with Gasteiger partial charge in [-0.15, -0.1) is 10.2 Å². The van der Waals surface area contributed by atoms with Gasteiger partial charge in [0, 0.05) is 24.4 Å². The Balaban J connectivity index is 1.57. The van der Waals surface area contributed by atoms with Crippen molar-refractivity contribution in [2.45, 2.75) is 31.7 Å². The van der Waals surface area contributed by atoms with Gasteiger partial charge in [0.15, 0.2) is 0 Å². The van der Waals surface area contributed by atoms with Crippen LogP contribution in [0, 0.1) is 0 Å². The van der Waals surface area contributed by atoms with Crippen molar-refractivity contribution in [3.63, 3.8) is 0 Å². The Kier molecular flexibility index (Phi) is 5.86. The summed E-state index contributed by atoms with van der Waals surface area (Å²) in [5, 5.41) is 19.9. The van der Waals surface area contributed by atoms with Crippen molar-refractivity contribution >= 4 is 11.7 Å². The van der Waals surface area contributed by atoms with Crippen LogP contribution in [0.5, 0.6) is 0 Å². The summed E-state index contributed by atoms with van der Waals surface area (Å²) >= 11 is 0. The van der Waals surface area contributed by atoms with Crippen LogP contribution in [0.2, 0.25) is 0 Å². The Labute approximate surface area is 169 Å². The lowest BCUT2D eigenvalue weighted by molar-refractivity contribution is 0.169. The largest absolute Gasteiger partial charge is 0.423 e. The van der Waals surface area contributed by atoms with E-state index in [4.69, 9.17) is 4.42 Å². The number of carbonyl (C=O) groups excluding carboxylic acids is 1. The van der Waals surface area contributed by atoms with Crippen LogP contribution in [0.4, 0.5) is 10.5 Å². The zero-order valence-electron chi connectivity index (χ0n) is 16.1. The maximum atomic E-state index is 13.2. The van der Waals surface area contributed by atoms with Crippen LogP contribution in [0.1, 0.15) is 36.4 Å². The third kappa shape index (κ3) is 4.30. The minimum Gasteiger partial charge on any atom is -0.423 e. The van der Waals surface area contributed by atoms with Crippen molar-refractivity contribution in [2.75, 3.05) is 18.5 Å². The van der Waals surface area contributed by atoms with Crippen molar-refractivity contribution in [1.29, 1.82) is 0 Å². The first kappa shape index (κ1) is 19.1. The molecular weight excluding hydrogens is 368 g/mol. The summed E-state index contributed by atoms with van der Waals surface area (Å²) in [6.07, 6.45) is 4.80. The van der Waals surface area contributed by atoms with Crippen LogP contribution in [-0.2, 0) is 6.42 Å². The first-order chi connectivity index (χ1) is 14.3. The van der Waals surface area contributed by atoms with Crippen LogP contribution >= 0.6 is 0 Å². The molecule has 0 fully saturated rings. The molecule has 0 spiro atoms. The van der Waals surface area contributed by atoms with E-state index in [-0.39, 0.29) is 18.7 Å². The molecule has 3 aromatic rings. The number of aliphatic hydroxyl groups is 1. The molecule has 1 unspecified atom stereocenters. The van der Waals surface area contributed by atoms with Crippen molar-refractivity contribution in [3.05, 3.63) is 66.1 Å². The summed E-state index contributed by atoms with van der Waals surface area (Å²) in [5.41, 5.74) is 3.89. The average Bonchev–Trinajstić information content (AvgIpc) is 3.29. The number of urea groups is 1. The monoisotopic (exact) mass is 392 g/mol. The van der Waals surface area contributed by atoms with E-state index in [2.05, 4.69) is 27.6 Å². The number of fused-ring (bicyclic) bond motifs is 1. The van der Waals surface area contributed by atoms with E-state index in [9.17, 15) is 9.90 Å². The second-order valence-corrected chi connectivity index (χ2v) is 7.13. The molecule has 7 nitrogen and oxygen atoms in total. The second kappa shape index (κ2) is 8.87. The average molecular weight is 392 g/mol. The standard InChI is InChI=1S/C22H24N4O3/c27-13-5-12-26(20-11-4-7-16-6-1-2-10-19(16)20)22(28)24-18-9-3-8-17(14-18)21-25-23-15-29-21/h1-3,6,8-10,14-15,20,27H,4-5,7,11-13H2,(H,24,28). The number of amides is 2. The normalized spacial score (nSPS) is 15.6. The molecule has 1 aromatic heterocycles. The van der Waals surface area contributed by atoms with Gasteiger partial charge in [0.2, 0.25) is 12.3 Å². The van der Waals surface area contributed by atoms with Crippen molar-refractivity contribution in [3.8, 4) is 11.5 Å². The van der Waals surface area contributed by atoms with E-state index in [0.29, 0.717) is 24.5 Å². The van der Waals surface area contributed by atoms with Crippen LogP contribution in [0.25, 0.3) is 11.5 Å². The van der Waals surface area contributed by atoms with E-state index in [1.807, 2.05) is 41.3 Å². The van der Waals surface area contributed by atoms with Crippen molar-refractivity contribution < 1.29 is 14.3 Å². The van der Waals surface area contributed by atoms with Gasteiger partial charge < -0.3 is 19.7 Å². The Bertz CT molecular complexity index is 958. The third-order valence-electron chi connectivity index (χ3n) is 5.25. The number of hydrogen-bond acceptors (Lipinski definition) is 5. The number of aliphatic hydroxyl groups excluding tert-OH is 1. The first-order valence-electron chi connectivity index (χ1n) is 9.89. The van der Waals surface area contributed by atoms with Gasteiger partial charge in [-0.25, -0.2) is 4.79 Å². The van der Waals surface area contributed by atoms with E-state index in [1.165, 1.54) is 17.5 Å². The summed E-state index contributed by atoms with van der Waals surface area (Å²) in [6, 6.07) is 15.5. The van der Waals surface area contributed by atoms with Gasteiger partial charge in [0.1, 0.15) is 0 Å². The SMILES string of the molecule is O=C(Nc1cccc(-c2nnco2)c1)N(CCCO)C1CCCc2ccccc21. The fourth-order valence-corrected chi connectivity index (χ4v) is 3.92. The maximum Gasteiger partial charge on any atom is 0.322 e. The van der Waals surface area contributed by atoms with Crippen LogP contribution in [0.15, 0.2) is 59.3 Å². The zero-order chi connectivity index (χ0) is 20.1. The van der Waals surface area contributed by atoms with Gasteiger partial charge in [-0.2, -0.15) is 0 Å². The highest BCUT2D eigenvalue weighted by molar-refractivity contribution is 5.90. The first-order valence-corrected chi connectivity index (χ1v) is 9.89. The van der Waals surface area contributed by atoms with Gasteiger partial charge in [-0.1, -0.05) is 30.3 Å². The van der Waals surface area contributed by atoms with E-state index in [1.54, 1.807) is 0 Å². The number of rotatable bonds is 6. The highest BCUT2D eigenvalue weighted by Crippen LogP contribution is 2.34. The van der Waals surface area contributed by atoms with Gasteiger partial charge in [0.25, 0.3) is 0 Å². The molecule has 150 valence electrons. The fraction of sp³-hybridized carbons (Fsp3) is 0.318. The highest BCUT2D eigenvalue weighted by Gasteiger charge is 2.29. The minimum atomic E-state index is -0.178. The number of carbonyl (C=O) groups is 1. The van der Waals surface area contributed by atoms with Crippen LogP contribution in [0.3, 0.4) is 0 Å². The number of aromatic nitrogens is 2. The Hall–Kier alpha value is -3.19. The molecular formula is C22H24N4O3. The Morgan fingerprint density at radius 1 is 1.24 bits per heavy atom. The van der Waals surface area contributed by atoms with Crippen molar-refractivity contribution in [1.82, 2.24) is 15.1 Å². The molecule has 2 N–H and O–H groups in total. The second-order valence-electron chi connectivity index (χ2n) is 7.13. The lowest BCUT2D eigenvalue weighted by atomic mass is 9.87. The smallest absolute Gasteiger partial charge is 0.322 e. The molecule has 2 amide bonds. The summed E-state index contributed by atoms with van der Waals surface area (Å²) in [5.74, 6) is 0.402. The molecule has 0 radical (unpaired) electrons. The zero-order valence-corrected chi connectivity index (χ0v) is 16.1. The molecule has 2 aromatic carbocycles. The fourth-order valence-electron chi connectivity index (χ4n) is 3.92. The molecule has 1 aliphatic rings. The molecule has 0 saturated carbocycles. The predicted octanol–water partition coefficient (Wildman–Crippen LogP) is 4.03. The summed E-state index contributed by atoms with van der Waals surface area (Å²) in [7, 11) is 0. The summed E-state index contributed by atoms with van der Waals surface area (Å²) in [6.45, 7) is 0.537. The lowest BCUT2D eigenvalue weighted by Gasteiger charge is -2.36. The molecule has 7 heteroatoms. The van der Waals surface area contributed by atoms with Gasteiger partial charge >= 0.3 is 6.03 Å². The Morgan fingerprint density at radius 2 is 2.14 bits per heavy atom. The molecule has 0 aliphatic heterocycles. The molecule has 29 heavy (non-hydrogen) atoms. The molecule has 4 rings (SSSR count).